The number of benzene rings is 1. The maximum absolute atomic E-state index is 13.4. The number of nitrogens with zero attached hydrogens (tertiary/aromatic N) is 6. The molecule has 1 aliphatic rings. The number of ketones is 1. The van der Waals surface area contributed by atoms with Gasteiger partial charge in [0.05, 0.1) is 26.1 Å². The van der Waals surface area contributed by atoms with Crippen LogP contribution in [0.2, 0.25) is 0 Å². The van der Waals surface area contributed by atoms with E-state index in [2.05, 4.69) is 24.9 Å². The molecular formula is C25H21F3N6O3. The molecule has 37 heavy (non-hydrogen) atoms. The van der Waals surface area contributed by atoms with E-state index in [9.17, 15) is 18.0 Å². The van der Waals surface area contributed by atoms with E-state index in [1.165, 1.54) is 62.6 Å². The normalized spacial score (nSPS) is 13.5. The van der Waals surface area contributed by atoms with E-state index >= 15 is 0 Å². The number of imidazole rings is 1. The highest BCUT2D eigenvalue weighted by Gasteiger charge is 2.35. The zero-order chi connectivity index (χ0) is 26.3. The number of ether oxygens (including phenoxy) is 2. The molecular weight excluding hydrogens is 489 g/mol. The van der Waals surface area contributed by atoms with Crippen LogP contribution in [0.1, 0.15) is 46.2 Å². The summed E-state index contributed by atoms with van der Waals surface area (Å²) in [6, 6.07) is 6.07. The minimum atomic E-state index is -4.56. The second-order valence-electron chi connectivity index (χ2n) is 8.49. The molecule has 0 N–H and O–H groups in total. The van der Waals surface area contributed by atoms with Crippen molar-refractivity contribution in [2.45, 2.75) is 24.9 Å². The Morgan fingerprint density at radius 2 is 1.76 bits per heavy atom. The number of aromatic nitrogens is 6. The Bertz CT molecular complexity index is 1480. The average molecular weight is 510 g/mol. The fourth-order valence-corrected chi connectivity index (χ4v) is 4.00. The second kappa shape index (κ2) is 9.26. The summed E-state index contributed by atoms with van der Waals surface area (Å²) in [5, 5.41) is 0. The summed E-state index contributed by atoms with van der Waals surface area (Å²) < 4.78 is 51.2. The number of alkyl halides is 3. The van der Waals surface area contributed by atoms with Crippen LogP contribution in [0.15, 0.2) is 43.0 Å². The van der Waals surface area contributed by atoms with Crippen molar-refractivity contribution in [2.24, 2.45) is 7.05 Å². The van der Waals surface area contributed by atoms with Gasteiger partial charge in [-0.15, -0.1) is 0 Å². The molecule has 1 saturated carbocycles. The fraction of sp³-hybridized carbons (Fsp3) is 0.280. The van der Waals surface area contributed by atoms with Gasteiger partial charge in [0.1, 0.15) is 17.7 Å². The first kappa shape index (κ1) is 24.3. The highest BCUT2D eigenvalue weighted by molar-refractivity contribution is 6.09. The summed E-state index contributed by atoms with van der Waals surface area (Å²) in [4.78, 5) is 34.6. The molecule has 3 heterocycles. The van der Waals surface area contributed by atoms with E-state index in [-0.39, 0.29) is 34.6 Å². The Hall–Kier alpha value is -4.35. The molecule has 0 aliphatic heterocycles. The minimum Gasteiger partial charge on any atom is -0.493 e. The molecule has 5 rings (SSSR count). The zero-order valence-electron chi connectivity index (χ0n) is 20.1. The standard InChI is InChI=1S/C25H21F3N6O3/c1-34-11-17(25(26,27)28)32-23(34)15-8-6-14(7-9-15)21(35)20-16(36-2)10-29-22(33-20)18-19(13-4-5-13)30-12-31-24(18)37-3/h6-13H,4-5H2,1-3H3. The van der Waals surface area contributed by atoms with Crippen molar-refractivity contribution in [3.63, 3.8) is 0 Å². The number of aryl methyl sites for hydroxylation is 1. The Balaban J connectivity index is 1.51. The van der Waals surface area contributed by atoms with Gasteiger partial charge in [-0.3, -0.25) is 4.79 Å². The number of hydrogen-bond acceptors (Lipinski definition) is 8. The third kappa shape index (κ3) is 4.61. The van der Waals surface area contributed by atoms with Crippen LogP contribution in [0.3, 0.4) is 0 Å². The molecule has 9 nitrogen and oxygen atoms in total. The molecule has 0 unspecified atom stereocenters. The lowest BCUT2D eigenvalue weighted by atomic mass is 10.0. The van der Waals surface area contributed by atoms with E-state index in [0.29, 0.717) is 17.0 Å². The van der Waals surface area contributed by atoms with E-state index < -0.39 is 17.7 Å². The van der Waals surface area contributed by atoms with Crippen molar-refractivity contribution in [3.8, 4) is 34.4 Å². The van der Waals surface area contributed by atoms with Gasteiger partial charge in [0.2, 0.25) is 11.7 Å². The summed E-state index contributed by atoms with van der Waals surface area (Å²) in [5.74, 6) is 0.614. The highest BCUT2D eigenvalue weighted by Crippen LogP contribution is 2.45. The lowest BCUT2D eigenvalue weighted by Crippen LogP contribution is -2.10. The highest BCUT2D eigenvalue weighted by atomic mass is 19.4. The molecule has 3 aromatic heterocycles. The first-order valence-corrected chi connectivity index (χ1v) is 11.3. The number of carbonyl (C=O) groups is 1. The summed E-state index contributed by atoms with van der Waals surface area (Å²) in [7, 11) is 4.36. The van der Waals surface area contributed by atoms with Crippen LogP contribution in [-0.4, -0.2) is 49.5 Å². The number of methoxy groups -OCH3 is 2. The first-order chi connectivity index (χ1) is 17.7. The zero-order valence-corrected chi connectivity index (χ0v) is 20.1. The smallest absolute Gasteiger partial charge is 0.434 e. The van der Waals surface area contributed by atoms with Crippen LogP contribution in [0.4, 0.5) is 13.2 Å². The molecule has 1 fully saturated rings. The summed E-state index contributed by atoms with van der Waals surface area (Å²) >= 11 is 0. The van der Waals surface area contributed by atoms with Gasteiger partial charge in [-0.2, -0.15) is 13.2 Å². The molecule has 4 aromatic rings. The molecule has 0 amide bonds. The molecule has 0 saturated heterocycles. The lowest BCUT2D eigenvalue weighted by molar-refractivity contribution is -0.140. The number of halogens is 3. The Morgan fingerprint density at radius 3 is 2.35 bits per heavy atom. The van der Waals surface area contributed by atoms with E-state index in [1.54, 1.807) is 0 Å². The number of rotatable bonds is 7. The van der Waals surface area contributed by atoms with Crippen LogP contribution in [-0.2, 0) is 13.2 Å². The van der Waals surface area contributed by atoms with E-state index in [4.69, 9.17) is 9.47 Å². The maximum Gasteiger partial charge on any atom is 0.434 e. The van der Waals surface area contributed by atoms with Gasteiger partial charge in [0, 0.05) is 30.3 Å². The predicted octanol–water partition coefficient (Wildman–Crippen LogP) is 4.48. The van der Waals surface area contributed by atoms with Crippen LogP contribution in [0, 0.1) is 0 Å². The molecule has 0 bridgehead atoms. The lowest BCUT2D eigenvalue weighted by Gasteiger charge is -2.13. The van der Waals surface area contributed by atoms with Crippen molar-refractivity contribution in [3.05, 3.63) is 65.6 Å². The topological polar surface area (TPSA) is 105 Å². The summed E-state index contributed by atoms with van der Waals surface area (Å²) in [5.41, 5.74) is 0.988. The van der Waals surface area contributed by atoms with Crippen LogP contribution < -0.4 is 9.47 Å². The molecule has 1 aliphatic carbocycles. The van der Waals surface area contributed by atoms with Gasteiger partial charge in [-0.1, -0.05) is 24.3 Å². The predicted molar refractivity (Wildman–Crippen MR) is 125 cm³/mol. The van der Waals surface area contributed by atoms with Crippen LogP contribution >= 0.6 is 0 Å². The van der Waals surface area contributed by atoms with Gasteiger partial charge in [-0.05, 0) is 12.8 Å². The Morgan fingerprint density at radius 1 is 1.03 bits per heavy atom. The maximum atomic E-state index is 13.4. The largest absolute Gasteiger partial charge is 0.493 e. The van der Waals surface area contributed by atoms with Crippen molar-refractivity contribution < 1.29 is 27.4 Å². The van der Waals surface area contributed by atoms with E-state index in [1.807, 2.05) is 0 Å². The molecule has 12 heteroatoms. The molecule has 0 spiro atoms. The van der Waals surface area contributed by atoms with Gasteiger partial charge in [-0.25, -0.2) is 24.9 Å². The quantitative estimate of drug-likeness (QED) is 0.335. The van der Waals surface area contributed by atoms with Gasteiger partial charge in [0.25, 0.3) is 0 Å². The molecule has 0 atom stereocenters. The Kier molecular flexibility index (Phi) is 6.10. The van der Waals surface area contributed by atoms with Crippen molar-refractivity contribution in [1.29, 1.82) is 0 Å². The van der Waals surface area contributed by atoms with Crippen molar-refractivity contribution in [1.82, 2.24) is 29.5 Å². The molecule has 190 valence electrons. The van der Waals surface area contributed by atoms with Gasteiger partial charge < -0.3 is 14.0 Å². The Labute approximate surface area is 209 Å². The second-order valence-corrected chi connectivity index (χ2v) is 8.49. The monoisotopic (exact) mass is 510 g/mol. The minimum absolute atomic E-state index is 0.0178. The first-order valence-electron chi connectivity index (χ1n) is 11.3. The van der Waals surface area contributed by atoms with Crippen LogP contribution in [0.25, 0.3) is 22.8 Å². The van der Waals surface area contributed by atoms with E-state index in [0.717, 1.165) is 24.7 Å². The third-order valence-corrected chi connectivity index (χ3v) is 5.99. The SMILES string of the molecule is COc1cnc(-c2c(OC)ncnc2C2CC2)nc1C(=O)c1ccc(-c2nc(C(F)(F)F)cn2C)cc1. The van der Waals surface area contributed by atoms with Gasteiger partial charge >= 0.3 is 6.18 Å². The van der Waals surface area contributed by atoms with Gasteiger partial charge in [0.15, 0.2) is 23.0 Å². The number of carbonyl (C=O) groups excluding carboxylic acids is 1. The molecule has 0 radical (unpaired) electrons. The average Bonchev–Trinajstić information content (AvgIpc) is 3.67. The summed E-state index contributed by atoms with van der Waals surface area (Å²) in [6.45, 7) is 0. The van der Waals surface area contributed by atoms with Crippen molar-refractivity contribution in [2.75, 3.05) is 14.2 Å². The third-order valence-electron chi connectivity index (χ3n) is 5.99. The number of hydrogen-bond donors (Lipinski definition) is 0. The van der Waals surface area contributed by atoms with Crippen LogP contribution in [0.5, 0.6) is 11.6 Å². The van der Waals surface area contributed by atoms with Crippen molar-refractivity contribution >= 4 is 5.78 Å². The molecule has 1 aromatic carbocycles. The fourth-order valence-electron chi connectivity index (χ4n) is 4.00. The summed E-state index contributed by atoms with van der Waals surface area (Å²) in [6.07, 6.45) is 1.13.